The van der Waals surface area contributed by atoms with E-state index in [1.165, 1.54) is 20.7 Å². The lowest BCUT2D eigenvalue weighted by molar-refractivity contribution is 1.32. The van der Waals surface area contributed by atoms with Crippen molar-refractivity contribution in [3.8, 4) is 45.0 Å². The molecule has 4 aromatic carbocycles. The quantitative estimate of drug-likeness (QED) is 0.129. The van der Waals surface area contributed by atoms with Crippen molar-refractivity contribution in [1.82, 2.24) is 19.9 Å². The van der Waals surface area contributed by atoms with Crippen LogP contribution in [0.3, 0.4) is 0 Å². The number of benzene rings is 4. The first-order valence-corrected chi connectivity index (χ1v) is 18.4. The second-order valence-corrected chi connectivity index (χ2v) is 15.4. The minimum absolute atomic E-state index is 0.927. The molecule has 5 heteroatoms. The molecule has 0 fully saturated rings. The Bertz CT molecular complexity index is 1990. The molecule has 4 heterocycles. The molecule has 0 bridgehead atoms. The molecule has 0 atom stereocenters. The Hall–Kier alpha value is -6.30. The van der Waals surface area contributed by atoms with Gasteiger partial charge in [-0.05, 0) is 69.3 Å². The van der Waals surface area contributed by atoms with Gasteiger partial charge in [0.25, 0.3) is 0 Å². The van der Waals surface area contributed by atoms with E-state index in [-0.39, 0.29) is 0 Å². The zero-order valence-electron chi connectivity index (χ0n) is 26.8. The molecule has 49 heavy (non-hydrogen) atoms. The lowest BCUT2D eigenvalue weighted by Gasteiger charge is -2.39. The van der Waals surface area contributed by atoms with Crippen molar-refractivity contribution in [2.45, 2.75) is 0 Å². The van der Waals surface area contributed by atoms with E-state index in [9.17, 15) is 0 Å². The van der Waals surface area contributed by atoms with Crippen LogP contribution in [0, 0.1) is 0 Å². The summed E-state index contributed by atoms with van der Waals surface area (Å²) in [4.78, 5) is 19.7. The van der Waals surface area contributed by atoms with Gasteiger partial charge in [-0.3, -0.25) is 19.9 Å². The Labute approximate surface area is 287 Å². The smallest absolute Gasteiger partial charge is 0.182 e. The highest BCUT2D eigenvalue weighted by atomic mass is 28.3. The van der Waals surface area contributed by atoms with Gasteiger partial charge in [0.15, 0.2) is 8.07 Å². The molecule has 4 nitrogen and oxygen atoms in total. The number of pyridine rings is 4. The molecule has 8 rings (SSSR count). The summed E-state index contributed by atoms with van der Waals surface area (Å²) in [6.07, 6.45) is 7.50. The van der Waals surface area contributed by atoms with E-state index in [2.05, 4.69) is 146 Å². The van der Waals surface area contributed by atoms with Crippen LogP contribution in [0.25, 0.3) is 45.0 Å². The molecule has 8 aromatic rings. The molecule has 0 aliphatic carbocycles. The van der Waals surface area contributed by atoms with Crippen LogP contribution < -0.4 is 20.7 Å². The molecule has 0 amide bonds. The van der Waals surface area contributed by atoms with Crippen molar-refractivity contribution in [2.24, 2.45) is 0 Å². The van der Waals surface area contributed by atoms with Crippen LogP contribution in [0.4, 0.5) is 0 Å². The van der Waals surface area contributed by atoms with Crippen LogP contribution in [-0.2, 0) is 0 Å². The van der Waals surface area contributed by atoms with Crippen molar-refractivity contribution in [2.75, 3.05) is 0 Å². The van der Waals surface area contributed by atoms with E-state index in [1.807, 2.05) is 49.1 Å². The summed E-state index contributed by atoms with van der Waals surface area (Å²) in [6, 6.07) is 59.8. The van der Waals surface area contributed by atoms with E-state index >= 15 is 0 Å². The summed E-state index contributed by atoms with van der Waals surface area (Å²) in [5.74, 6) is 0. The van der Waals surface area contributed by atoms with Crippen molar-refractivity contribution < 1.29 is 0 Å². The minimum atomic E-state index is -3.37. The van der Waals surface area contributed by atoms with E-state index in [1.54, 1.807) is 0 Å². The van der Waals surface area contributed by atoms with Gasteiger partial charge >= 0.3 is 0 Å². The molecule has 0 saturated carbocycles. The highest BCUT2D eigenvalue weighted by molar-refractivity contribution is 7.22. The van der Waals surface area contributed by atoms with Gasteiger partial charge in [-0.1, -0.05) is 121 Å². The molecular weight excluding hydrogens is 613 g/mol. The molecule has 0 unspecified atom stereocenters. The second-order valence-electron chi connectivity index (χ2n) is 11.8. The molecule has 0 saturated heterocycles. The summed E-state index contributed by atoms with van der Waals surface area (Å²) in [5.41, 5.74) is 8.09. The Balaban J connectivity index is 1.63. The lowest BCUT2D eigenvalue weighted by atomic mass is 10.1. The molecule has 0 aliphatic heterocycles. The Morgan fingerprint density at radius 1 is 0.245 bits per heavy atom. The predicted octanol–water partition coefficient (Wildman–Crippen LogP) is 7.31. The summed E-state index contributed by atoms with van der Waals surface area (Å²) in [7, 11) is -3.37. The lowest BCUT2D eigenvalue weighted by Crippen LogP contribution is -2.76. The molecule has 4 aromatic heterocycles. The molecule has 0 N–H and O–H groups in total. The number of hydrogen-bond donors (Lipinski definition) is 0. The Morgan fingerprint density at radius 2 is 0.469 bits per heavy atom. The van der Waals surface area contributed by atoms with Crippen LogP contribution >= 0.6 is 0 Å². The number of hydrogen-bond acceptors (Lipinski definition) is 4. The third kappa shape index (κ3) is 5.46. The summed E-state index contributed by atoms with van der Waals surface area (Å²) in [5, 5.41) is 4.90. The summed E-state index contributed by atoms with van der Waals surface area (Å²) >= 11 is 0. The van der Waals surface area contributed by atoms with Gasteiger partial charge in [0.2, 0.25) is 0 Å². The van der Waals surface area contributed by atoms with Crippen LogP contribution in [0.2, 0.25) is 0 Å². The fourth-order valence-corrected chi connectivity index (χ4v) is 12.7. The normalized spacial score (nSPS) is 11.3. The largest absolute Gasteiger partial charge is 0.256 e. The first kappa shape index (κ1) is 30.1. The van der Waals surface area contributed by atoms with E-state index in [4.69, 9.17) is 19.9 Å². The van der Waals surface area contributed by atoms with Gasteiger partial charge in [0.05, 0.1) is 22.8 Å². The fourth-order valence-electron chi connectivity index (χ4n) is 7.09. The highest BCUT2D eigenvalue weighted by Crippen LogP contribution is 2.29. The standard InChI is InChI=1S/C44H32N4Si/c1-5-25-41(33(17-1)37-21-9-13-29-45-37)49(42-26-6-2-18-34(42)38-22-10-14-30-46-38,43-27-7-3-19-35(43)39-23-11-15-31-47-39)44-28-8-4-20-36(44)40-24-12-16-32-48-40/h1-32H. The van der Waals surface area contributed by atoms with Gasteiger partial charge in [-0.25, -0.2) is 0 Å². The highest BCUT2D eigenvalue weighted by Gasteiger charge is 2.47. The van der Waals surface area contributed by atoms with Gasteiger partial charge in [-0.2, -0.15) is 0 Å². The third-order valence-corrected chi connectivity index (χ3v) is 14.1. The molecule has 0 radical (unpaired) electrons. The minimum Gasteiger partial charge on any atom is -0.256 e. The Morgan fingerprint density at radius 3 is 0.694 bits per heavy atom. The van der Waals surface area contributed by atoms with Crippen molar-refractivity contribution >= 4 is 28.8 Å². The van der Waals surface area contributed by atoms with Crippen LogP contribution in [0.15, 0.2) is 195 Å². The monoisotopic (exact) mass is 644 g/mol. The number of nitrogens with zero attached hydrogens (tertiary/aromatic N) is 4. The molecule has 0 spiro atoms. The predicted molar refractivity (Wildman–Crippen MR) is 203 cm³/mol. The molecule has 0 aliphatic rings. The first-order chi connectivity index (χ1) is 24.4. The van der Waals surface area contributed by atoms with Crippen LogP contribution in [0.5, 0.6) is 0 Å². The maximum Gasteiger partial charge on any atom is 0.182 e. The number of aromatic nitrogens is 4. The van der Waals surface area contributed by atoms with Crippen molar-refractivity contribution in [3.63, 3.8) is 0 Å². The summed E-state index contributed by atoms with van der Waals surface area (Å²) < 4.78 is 0. The van der Waals surface area contributed by atoms with E-state index in [0.717, 1.165) is 45.0 Å². The first-order valence-electron chi connectivity index (χ1n) is 16.4. The van der Waals surface area contributed by atoms with Gasteiger partial charge in [-0.15, -0.1) is 0 Å². The van der Waals surface area contributed by atoms with Crippen LogP contribution in [-0.4, -0.2) is 28.0 Å². The second kappa shape index (κ2) is 13.4. The third-order valence-electron chi connectivity index (χ3n) is 9.09. The molecular formula is C44H32N4Si. The average Bonchev–Trinajstić information content (AvgIpc) is 3.20. The number of rotatable bonds is 8. The molecule has 232 valence electrons. The van der Waals surface area contributed by atoms with Gasteiger partial charge in [0.1, 0.15) is 0 Å². The van der Waals surface area contributed by atoms with E-state index in [0.29, 0.717) is 0 Å². The maximum atomic E-state index is 4.93. The van der Waals surface area contributed by atoms with Crippen molar-refractivity contribution in [3.05, 3.63) is 195 Å². The zero-order chi connectivity index (χ0) is 32.9. The van der Waals surface area contributed by atoms with Gasteiger partial charge < -0.3 is 0 Å². The van der Waals surface area contributed by atoms with E-state index < -0.39 is 8.07 Å². The maximum absolute atomic E-state index is 4.93. The SMILES string of the molecule is c1ccc(-c2ccccc2[Si](c2ccccc2-c2ccccn2)(c2ccccc2-c2ccccn2)c2ccccc2-c2ccccn2)nc1. The zero-order valence-corrected chi connectivity index (χ0v) is 27.8. The topological polar surface area (TPSA) is 51.6 Å². The Kier molecular flexibility index (Phi) is 8.24. The summed E-state index contributed by atoms with van der Waals surface area (Å²) in [6.45, 7) is 0. The van der Waals surface area contributed by atoms with Crippen LogP contribution in [0.1, 0.15) is 0 Å². The van der Waals surface area contributed by atoms with Gasteiger partial charge in [0, 0.05) is 47.0 Å². The average molecular weight is 645 g/mol. The van der Waals surface area contributed by atoms with Crippen molar-refractivity contribution in [1.29, 1.82) is 0 Å². The fraction of sp³-hybridized carbons (Fsp3) is 0.